The van der Waals surface area contributed by atoms with Gasteiger partial charge in [-0.1, -0.05) is 12.1 Å². The van der Waals surface area contributed by atoms with Crippen molar-refractivity contribution in [3.05, 3.63) is 35.1 Å². The van der Waals surface area contributed by atoms with E-state index in [9.17, 15) is 0 Å². The largest absolute Gasteiger partial charge is 0.473 e. The third kappa shape index (κ3) is 3.35. The SMILES string of the molecule is CC(C)Oc1ncnc(Oc2ccccc2Br)c1N. The van der Waals surface area contributed by atoms with Gasteiger partial charge < -0.3 is 15.2 Å². The lowest BCUT2D eigenvalue weighted by Crippen LogP contribution is -2.10. The van der Waals surface area contributed by atoms with Crippen LogP contribution in [0.3, 0.4) is 0 Å². The lowest BCUT2D eigenvalue weighted by molar-refractivity contribution is 0.232. The average molecular weight is 324 g/mol. The van der Waals surface area contributed by atoms with Crippen molar-refractivity contribution >= 4 is 21.6 Å². The molecule has 100 valence electrons. The first-order chi connectivity index (χ1) is 9.08. The first kappa shape index (κ1) is 13.6. The summed E-state index contributed by atoms with van der Waals surface area (Å²) in [5.74, 6) is 1.23. The molecule has 2 aromatic rings. The van der Waals surface area contributed by atoms with E-state index < -0.39 is 0 Å². The molecule has 1 aromatic carbocycles. The molecule has 19 heavy (non-hydrogen) atoms. The second kappa shape index (κ2) is 5.88. The number of benzene rings is 1. The van der Waals surface area contributed by atoms with Crippen molar-refractivity contribution in [2.45, 2.75) is 20.0 Å². The Balaban J connectivity index is 2.28. The number of nitrogens with two attached hydrogens (primary N) is 1. The topological polar surface area (TPSA) is 70.3 Å². The molecule has 0 spiro atoms. The Morgan fingerprint density at radius 3 is 2.53 bits per heavy atom. The predicted molar refractivity (Wildman–Crippen MR) is 76.4 cm³/mol. The maximum absolute atomic E-state index is 5.94. The summed E-state index contributed by atoms with van der Waals surface area (Å²) >= 11 is 3.40. The van der Waals surface area contributed by atoms with E-state index in [2.05, 4.69) is 25.9 Å². The van der Waals surface area contributed by atoms with Crippen LogP contribution in [0.15, 0.2) is 35.1 Å². The number of nitrogens with zero attached hydrogens (tertiary/aromatic N) is 2. The zero-order valence-corrected chi connectivity index (χ0v) is 12.2. The first-order valence-electron chi connectivity index (χ1n) is 5.77. The van der Waals surface area contributed by atoms with Gasteiger partial charge in [0.25, 0.3) is 0 Å². The number of ether oxygens (including phenoxy) is 2. The van der Waals surface area contributed by atoms with E-state index in [1.807, 2.05) is 38.1 Å². The summed E-state index contributed by atoms with van der Waals surface area (Å²) in [6.45, 7) is 3.80. The normalized spacial score (nSPS) is 10.5. The average Bonchev–Trinajstić information content (AvgIpc) is 2.36. The molecular weight excluding hydrogens is 310 g/mol. The quantitative estimate of drug-likeness (QED) is 0.933. The van der Waals surface area contributed by atoms with Gasteiger partial charge in [0.2, 0.25) is 11.8 Å². The maximum Gasteiger partial charge on any atom is 0.249 e. The second-order valence-electron chi connectivity index (χ2n) is 4.10. The van der Waals surface area contributed by atoms with E-state index in [4.69, 9.17) is 15.2 Å². The molecule has 0 bridgehead atoms. The minimum absolute atomic E-state index is 0.0199. The van der Waals surface area contributed by atoms with Gasteiger partial charge in [-0.3, -0.25) is 0 Å². The zero-order chi connectivity index (χ0) is 13.8. The third-order valence-electron chi connectivity index (χ3n) is 2.20. The molecule has 1 heterocycles. The second-order valence-corrected chi connectivity index (χ2v) is 4.95. The zero-order valence-electron chi connectivity index (χ0n) is 10.6. The molecule has 0 atom stereocenters. The Morgan fingerprint density at radius 2 is 1.84 bits per heavy atom. The molecule has 0 aliphatic rings. The maximum atomic E-state index is 5.94. The molecule has 0 saturated heterocycles. The van der Waals surface area contributed by atoms with E-state index in [0.29, 0.717) is 11.6 Å². The van der Waals surface area contributed by atoms with Crippen molar-refractivity contribution in [3.8, 4) is 17.5 Å². The molecule has 5 nitrogen and oxygen atoms in total. The summed E-state index contributed by atoms with van der Waals surface area (Å²) in [6, 6.07) is 7.45. The van der Waals surface area contributed by atoms with Gasteiger partial charge in [-0.2, -0.15) is 9.97 Å². The first-order valence-corrected chi connectivity index (χ1v) is 6.56. The minimum atomic E-state index is -0.0199. The van der Waals surface area contributed by atoms with Crippen molar-refractivity contribution in [1.29, 1.82) is 0 Å². The van der Waals surface area contributed by atoms with Gasteiger partial charge in [-0.15, -0.1) is 0 Å². The molecule has 0 aliphatic heterocycles. The molecule has 6 heteroatoms. The lowest BCUT2D eigenvalue weighted by Gasteiger charge is -2.13. The standard InChI is InChI=1S/C13H14BrN3O2/c1-8(2)18-12-11(15)13(17-7-16-12)19-10-6-4-3-5-9(10)14/h3-8H,15H2,1-2H3. The Kier molecular flexibility index (Phi) is 4.21. The van der Waals surface area contributed by atoms with Crippen LogP contribution < -0.4 is 15.2 Å². The molecule has 2 N–H and O–H groups in total. The Bertz CT molecular complexity index is 576. The Labute approximate surface area is 119 Å². The molecule has 0 fully saturated rings. The highest BCUT2D eigenvalue weighted by atomic mass is 79.9. The molecule has 0 aliphatic carbocycles. The van der Waals surface area contributed by atoms with Gasteiger partial charge in [0.1, 0.15) is 12.1 Å². The Hall–Kier alpha value is -1.82. The monoisotopic (exact) mass is 323 g/mol. The van der Waals surface area contributed by atoms with E-state index in [-0.39, 0.29) is 17.7 Å². The number of para-hydroxylation sites is 1. The van der Waals surface area contributed by atoms with E-state index in [0.717, 1.165) is 4.47 Å². The smallest absolute Gasteiger partial charge is 0.249 e. The van der Waals surface area contributed by atoms with Crippen LogP contribution in [-0.2, 0) is 0 Å². The number of anilines is 1. The molecule has 1 aromatic heterocycles. The van der Waals surface area contributed by atoms with Gasteiger partial charge in [-0.25, -0.2) is 0 Å². The number of hydrogen-bond donors (Lipinski definition) is 1. The van der Waals surface area contributed by atoms with Crippen molar-refractivity contribution in [2.24, 2.45) is 0 Å². The highest BCUT2D eigenvalue weighted by molar-refractivity contribution is 9.10. The van der Waals surface area contributed by atoms with Crippen LogP contribution in [0.1, 0.15) is 13.8 Å². The van der Waals surface area contributed by atoms with Crippen LogP contribution in [0.2, 0.25) is 0 Å². The summed E-state index contributed by atoms with van der Waals surface area (Å²) in [6.07, 6.45) is 1.34. The molecular formula is C13H14BrN3O2. The molecule has 2 rings (SSSR count). The van der Waals surface area contributed by atoms with Crippen LogP contribution in [0.4, 0.5) is 5.69 Å². The van der Waals surface area contributed by atoms with Crippen molar-refractivity contribution in [1.82, 2.24) is 9.97 Å². The number of rotatable bonds is 4. The number of halogens is 1. The fourth-order valence-electron chi connectivity index (χ4n) is 1.39. The molecule has 0 unspecified atom stereocenters. The summed E-state index contributed by atoms with van der Waals surface area (Å²) in [5, 5.41) is 0. The highest BCUT2D eigenvalue weighted by Crippen LogP contribution is 2.34. The summed E-state index contributed by atoms with van der Waals surface area (Å²) in [4.78, 5) is 8.02. The summed E-state index contributed by atoms with van der Waals surface area (Å²) in [7, 11) is 0. The van der Waals surface area contributed by atoms with Gasteiger partial charge >= 0.3 is 0 Å². The van der Waals surface area contributed by atoms with E-state index in [1.54, 1.807) is 0 Å². The van der Waals surface area contributed by atoms with Gasteiger partial charge in [0, 0.05) is 0 Å². The number of hydrogen-bond acceptors (Lipinski definition) is 5. The van der Waals surface area contributed by atoms with E-state index >= 15 is 0 Å². The Morgan fingerprint density at radius 1 is 1.16 bits per heavy atom. The van der Waals surface area contributed by atoms with Crippen LogP contribution in [0.5, 0.6) is 17.5 Å². The number of aromatic nitrogens is 2. The van der Waals surface area contributed by atoms with Gasteiger partial charge in [0.05, 0.1) is 10.6 Å². The highest BCUT2D eigenvalue weighted by Gasteiger charge is 2.13. The van der Waals surface area contributed by atoms with Crippen LogP contribution >= 0.6 is 15.9 Å². The molecule has 0 amide bonds. The molecule has 0 radical (unpaired) electrons. The van der Waals surface area contributed by atoms with Crippen LogP contribution in [-0.4, -0.2) is 16.1 Å². The fraction of sp³-hybridized carbons (Fsp3) is 0.231. The van der Waals surface area contributed by atoms with Crippen LogP contribution in [0.25, 0.3) is 0 Å². The third-order valence-corrected chi connectivity index (χ3v) is 2.86. The van der Waals surface area contributed by atoms with Crippen molar-refractivity contribution in [3.63, 3.8) is 0 Å². The van der Waals surface area contributed by atoms with Crippen molar-refractivity contribution in [2.75, 3.05) is 5.73 Å². The summed E-state index contributed by atoms with van der Waals surface area (Å²) in [5.41, 5.74) is 6.22. The predicted octanol–water partition coefficient (Wildman–Crippen LogP) is 3.40. The van der Waals surface area contributed by atoms with Gasteiger partial charge in [0.15, 0.2) is 5.69 Å². The molecule has 0 saturated carbocycles. The minimum Gasteiger partial charge on any atom is -0.473 e. The number of nitrogen functional groups attached to an aromatic ring is 1. The van der Waals surface area contributed by atoms with Gasteiger partial charge in [-0.05, 0) is 41.9 Å². The lowest BCUT2D eigenvalue weighted by atomic mass is 10.3. The van der Waals surface area contributed by atoms with Crippen molar-refractivity contribution < 1.29 is 9.47 Å². The van der Waals surface area contributed by atoms with E-state index in [1.165, 1.54) is 6.33 Å². The fourth-order valence-corrected chi connectivity index (χ4v) is 1.76. The van der Waals surface area contributed by atoms with Crippen LogP contribution in [0, 0.1) is 0 Å². The summed E-state index contributed by atoms with van der Waals surface area (Å²) < 4.78 is 12.0.